The standard InChI is InChI=1S/C9H18N2O3/c1-8(2)9(12)13-7-5-6-10-14-11(3)4/h10H,1,5-7H2,2-4H3. The second kappa shape index (κ2) is 7.49. The molecule has 0 aliphatic carbocycles. The number of carbonyl (C=O) groups is 1. The van der Waals surface area contributed by atoms with Crippen molar-refractivity contribution in [3.63, 3.8) is 0 Å². The van der Waals surface area contributed by atoms with E-state index in [1.54, 1.807) is 26.1 Å². The molecule has 0 aliphatic rings. The van der Waals surface area contributed by atoms with E-state index in [-0.39, 0.29) is 5.97 Å². The smallest absolute Gasteiger partial charge is 0.333 e. The van der Waals surface area contributed by atoms with E-state index in [2.05, 4.69) is 12.1 Å². The van der Waals surface area contributed by atoms with Crippen molar-refractivity contribution in [3.05, 3.63) is 12.2 Å². The van der Waals surface area contributed by atoms with Gasteiger partial charge in [0.05, 0.1) is 6.61 Å². The number of rotatable bonds is 7. The second-order valence-electron chi connectivity index (χ2n) is 3.07. The minimum absolute atomic E-state index is 0.349. The summed E-state index contributed by atoms with van der Waals surface area (Å²) in [4.78, 5) is 15.8. The van der Waals surface area contributed by atoms with Crippen molar-refractivity contribution in [2.24, 2.45) is 0 Å². The molecule has 0 aromatic carbocycles. The number of hydrogen-bond donors (Lipinski definition) is 1. The van der Waals surface area contributed by atoms with Crippen LogP contribution in [0.15, 0.2) is 12.2 Å². The zero-order valence-corrected chi connectivity index (χ0v) is 9.00. The van der Waals surface area contributed by atoms with Crippen molar-refractivity contribution >= 4 is 5.97 Å². The van der Waals surface area contributed by atoms with Gasteiger partial charge in [0.15, 0.2) is 0 Å². The Labute approximate surface area is 84.6 Å². The van der Waals surface area contributed by atoms with Crippen LogP contribution in [0.2, 0.25) is 0 Å². The van der Waals surface area contributed by atoms with E-state index < -0.39 is 0 Å². The summed E-state index contributed by atoms with van der Waals surface area (Å²) in [6.07, 6.45) is 0.701. The van der Waals surface area contributed by atoms with Crippen molar-refractivity contribution in [2.45, 2.75) is 13.3 Å². The van der Waals surface area contributed by atoms with E-state index in [9.17, 15) is 4.79 Å². The third-order valence-corrected chi connectivity index (χ3v) is 1.25. The van der Waals surface area contributed by atoms with E-state index >= 15 is 0 Å². The molecule has 5 heteroatoms. The summed E-state index contributed by atoms with van der Waals surface area (Å²) in [7, 11) is 3.54. The lowest BCUT2D eigenvalue weighted by Crippen LogP contribution is -2.26. The predicted octanol–water partition coefficient (Wildman–Crippen LogP) is 0.494. The minimum atomic E-state index is -0.349. The average Bonchev–Trinajstić information content (AvgIpc) is 2.09. The van der Waals surface area contributed by atoms with Crippen LogP contribution in [-0.2, 0) is 14.5 Å². The molecule has 5 nitrogen and oxygen atoms in total. The molecule has 0 spiro atoms. The molecular weight excluding hydrogens is 184 g/mol. The van der Waals surface area contributed by atoms with Crippen molar-refractivity contribution in [2.75, 3.05) is 27.2 Å². The normalized spacial score (nSPS) is 10.3. The average molecular weight is 202 g/mol. The molecule has 0 unspecified atom stereocenters. The van der Waals surface area contributed by atoms with Crippen LogP contribution < -0.4 is 5.48 Å². The quantitative estimate of drug-likeness (QED) is 0.282. The monoisotopic (exact) mass is 202 g/mol. The fourth-order valence-corrected chi connectivity index (χ4v) is 0.607. The first-order chi connectivity index (χ1) is 6.54. The molecule has 0 amide bonds. The highest BCUT2D eigenvalue weighted by molar-refractivity contribution is 5.86. The number of esters is 1. The van der Waals surface area contributed by atoms with Crippen molar-refractivity contribution < 1.29 is 14.5 Å². The first kappa shape index (κ1) is 13.1. The Kier molecular flexibility index (Phi) is 7.00. The molecule has 0 atom stereocenters. The number of carbonyl (C=O) groups excluding carboxylic acids is 1. The van der Waals surface area contributed by atoms with Crippen LogP contribution in [0.3, 0.4) is 0 Å². The Morgan fingerprint density at radius 1 is 1.50 bits per heavy atom. The highest BCUT2D eigenvalue weighted by Gasteiger charge is 2.01. The molecular formula is C9H18N2O3. The summed E-state index contributed by atoms with van der Waals surface area (Å²) in [6.45, 7) is 6.09. The van der Waals surface area contributed by atoms with Gasteiger partial charge in [-0.2, -0.15) is 10.5 Å². The maximum atomic E-state index is 10.9. The zero-order valence-electron chi connectivity index (χ0n) is 9.00. The van der Waals surface area contributed by atoms with Crippen LogP contribution in [0.1, 0.15) is 13.3 Å². The van der Waals surface area contributed by atoms with Crippen LogP contribution in [0.5, 0.6) is 0 Å². The molecule has 0 aromatic rings. The maximum absolute atomic E-state index is 10.9. The molecule has 0 rings (SSSR count). The van der Waals surface area contributed by atoms with E-state index in [4.69, 9.17) is 9.68 Å². The van der Waals surface area contributed by atoms with Crippen molar-refractivity contribution in [1.29, 1.82) is 0 Å². The summed E-state index contributed by atoms with van der Waals surface area (Å²) < 4.78 is 4.86. The maximum Gasteiger partial charge on any atom is 0.333 e. The van der Waals surface area contributed by atoms with Crippen LogP contribution in [0.25, 0.3) is 0 Å². The first-order valence-electron chi connectivity index (χ1n) is 4.44. The molecule has 0 saturated heterocycles. The summed E-state index contributed by atoms with van der Waals surface area (Å²) >= 11 is 0. The van der Waals surface area contributed by atoms with E-state index in [1.165, 1.54) is 0 Å². The van der Waals surface area contributed by atoms with E-state index in [0.29, 0.717) is 25.1 Å². The molecule has 0 heterocycles. The lowest BCUT2D eigenvalue weighted by Gasteiger charge is -2.10. The highest BCUT2D eigenvalue weighted by Crippen LogP contribution is 1.92. The Morgan fingerprint density at radius 2 is 2.14 bits per heavy atom. The fourth-order valence-electron chi connectivity index (χ4n) is 0.607. The molecule has 0 fully saturated rings. The topological polar surface area (TPSA) is 50.8 Å². The van der Waals surface area contributed by atoms with Gasteiger partial charge in [0.25, 0.3) is 0 Å². The molecule has 14 heavy (non-hydrogen) atoms. The summed E-state index contributed by atoms with van der Waals surface area (Å²) in [5.41, 5.74) is 3.12. The van der Waals surface area contributed by atoms with Gasteiger partial charge in [0.2, 0.25) is 0 Å². The number of nitrogens with zero attached hydrogens (tertiary/aromatic N) is 1. The van der Waals surface area contributed by atoms with Gasteiger partial charge in [-0.25, -0.2) is 9.73 Å². The minimum Gasteiger partial charge on any atom is -0.462 e. The number of ether oxygens (including phenoxy) is 1. The lowest BCUT2D eigenvalue weighted by molar-refractivity contribution is -0.178. The van der Waals surface area contributed by atoms with Gasteiger partial charge < -0.3 is 4.74 Å². The van der Waals surface area contributed by atoms with Crippen molar-refractivity contribution in [3.8, 4) is 0 Å². The van der Waals surface area contributed by atoms with Gasteiger partial charge in [-0.1, -0.05) is 6.58 Å². The first-order valence-corrected chi connectivity index (χ1v) is 4.44. The van der Waals surface area contributed by atoms with Crippen LogP contribution in [0, 0.1) is 0 Å². The van der Waals surface area contributed by atoms with Gasteiger partial charge in [0, 0.05) is 26.2 Å². The molecule has 0 aromatic heterocycles. The third kappa shape index (κ3) is 7.72. The lowest BCUT2D eigenvalue weighted by atomic mass is 10.4. The summed E-state index contributed by atoms with van der Waals surface area (Å²) in [5.74, 6) is -0.349. The second-order valence-corrected chi connectivity index (χ2v) is 3.07. The summed E-state index contributed by atoms with van der Waals surface area (Å²) in [6, 6.07) is 0. The summed E-state index contributed by atoms with van der Waals surface area (Å²) in [5, 5.41) is 1.54. The largest absolute Gasteiger partial charge is 0.462 e. The molecule has 0 bridgehead atoms. The van der Waals surface area contributed by atoms with Gasteiger partial charge in [0.1, 0.15) is 0 Å². The molecule has 82 valence electrons. The molecule has 0 aliphatic heterocycles. The van der Waals surface area contributed by atoms with E-state index in [0.717, 1.165) is 0 Å². The molecule has 1 N–H and O–H groups in total. The van der Waals surface area contributed by atoms with E-state index in [1.807, 2.05) is 0 Å². The van der Waals surface area contributed by atoms with Gasteiger partial charge in [-0.05, 0) is 13.3 Å². The molecule has 0 saturated carbocycles. The predicted molar refractivity (Wildman–Crippen MR) is 53.2 cm³/mol. The van der Waals surface area contributed by atoms with Gasteiger partial charge >= 0.3 is 5.97 Å². The van der Waals surface area contributed by atoms with Crippen molar-refractivity contribution in [1.82, 2.24) is 10.5 Å². The third-order valence-electron chi connectivity index (χ3n) is 1.25. The number of hydrogen-bond acceptors (Lipinski definition) is 5. The van der Waals surface area contributed by atoms with Crippen LogP contribution in [0.4, 0.5) is 0 Å². The number of nitrogens with one attached hydrogen (secondary N) is 1. The Balaban J connectivity index is 3.22. The van der Waals surface area contributed by atoms with Crippen LogP contribution >= 0.6 is 0 Å². The van der Waals surface area contributed by atoms with Crippen LogP contribution in [-0.4, -0.2) is 38.3 Å². The molecule has 0 radical (unpaired) electrons. The SMILES string of the molecule is C=C(C)C(=O)OCCCNON(C)C. The highest BCUT2D eigenvalue weighted by atomic mass is 16.8. The Hall–Kier alpha value is -0.910. The fraction of sp³-hybridized carbons (Fsp3) is 0.667. The number of hydroxylamine groups is 3. The van der Waals surface area contributed by atoms with Gasteiger partial charge in [-0.15, -0.1) is 0 Å². The zero-order chi connectivity index (χ0) is 11.0. The Morgan fingerprint density at radius 3 is 2.64 bits per heavy atom. The van der Waals surface area contributed by atoms with Gasteiger partial charge in [-0.3, -0.25) is 0 Å². The Bertz CT molecular complexity index is 192.